The van der Waals surface area contributed by atoms with E-state index in [9.17, 15) is 0 Å². The first-order valence-corrected chi connectivity index (χ1v) is 22.3. The zero-order valence-electron chi connectivity index (χ0n) is 34.8. The Kier molecular flexibility index (Phi) is 10.9. The van der Waals surface area contributed by atoms with Crippen molar-refractivity contribution in [3.05, 3.63) is 216 Å². The summed E-state index contributed by atoms with van der Waals surface area (Å²) in [6.45, 7) is 23.9. The minimum atomic E-state index is -3.11. The molecule has 0 atom stereocenters. The van der Waals surface area contributed by atoms with Crippen LogP contribution in [0.4, 0.5) is 0 Å². The van der Waals surface area contributed by atoms with Crippen LogP contribution < -0.4 is 15.6 Å². The van der Waals surface area contributed by atoms with E-state index in [2.05, 4.69) is 197 Å². The first-order chi connectivity index (χ1) is 26.4. The van der Waals surface area contributed by atoms with Crippen molar-refractivity contribution < 1.29 is 0 Å². The summed E-state index contributed by atoms with van der Waals surface area (Å²) in [5, 5.41) is 4.82. The van der Waals surface area contributed by atoms with E-state index in [1.165, 1.54) is 77.9 Å². The quantitative estimate of drug-likeness (QED) is 0.0971. The van der Waals surface area contributed by atoms with Gasteiger partial charge in [-0.05, 0) is 149 Å². The Morgan fingerprint density at radius 3 is 0.909 bits per heavy atom. The highest BCUT2D eigenvalue weighted by Crippen LogP contribution is 2.48. The molecule has 55 heavy (non-hydrogen) atoms. The Morgan fingerprint density at radius 1 is 0.364 bits per heavy atom. The van der Waals surface area contributed by atoms with E-state index < -0.39 is 8.07 Å². The summed E-state index contributed by atoms with van der Waals surface area (Å²) in [4.78, 5) is 0. The SMILES string of the molecule is CC1=C(C)C([Si](c2c(C)cc(C)cc2Cc2ccccc2)(c2c(C)cc(C)cc2Cc2ccccc2)c2c(C)cc(C)cc2Cc2ccccc2)C(C)=C1C. The molecule has 0 amide bonds. The zero-order chi connectivity index (χ0) is 39.0. The molecular weight excluding hydrogens is 677 g/mol. The van der Waals surface area contributed by atoms with Gasteiger partial charge in [-0.2, -0.15) is 0 Å². The summed E-state index contributed by atoms with van der Waals surface area (Å²) < 4.78 is 0. The van der Waals surface area contributed by atoms with E-state index in [0.29, 0.717) is 0 Å². The molecule has 0 nitrogen and oxygen atoms in total. The van der Waals surface area contributed by atoms with Gasteiger partial charge in [-0.1, -0.05) is 172 Å². The number of hydrogen-bond acceptors (Lipinski definition) is 0. The van der Waals surface area contributed by atoms with Gasteiger partial charge in [0.05, 0.1) is 0 Å². The predicted octanol–water partition coefficient (Wildman–Crippen LogP) is 11.8. The first-order valence-electron chi connectivity index (χ1n) is 20.2. The van der Waals surface area contributed by atoms with Crippen LogP contribution >= 0.6 is 0 Å². The van der Waals surface area contributed by atoms with Crippen LogP contribution in [-0.2, 0) is 19.3 Å². The maximum absolute atomic E-state index is 3.11. The number of hydrogen-bond donors (Lipinski definition) is 0. The van der Waals surface area contributed by atoms with Gasteiger partial charge in [0.25, 0.3) is 0 Å². The standard InChI is InChI=1S/C54H58Si/c1-35-26-38(4)51(48(29-35)32-45-20-14-11-15-21-45)55(54-43(9)41(7)42(8)44(54)10,52-39(5)27-36(2)30-49(52)33-46-22-16-12-17-23-46)53-40(6)28-37(3)31-50(53)34-47-24-18-13-19-25-47/h11-31,54H,32-34H2,1-10H3. The molecule has 0 radical (unpaired) electrons. The average molecular weight is 735 g/mol. The predicted molar refractivity (Wildman–Crippen MR) is 241 cm³/mol. The van der Waals surface area contributed by atoms with Crippen LogP contribution in [0.15, 0.2) is 150 Å². The van der Waals surface area contributed by atoms with Crippen LogP contribution in [0.25, 0.3) is 0 Å². The molecule has 278 valence electrons. The molecule has 1 aliphatic rings. The summed E-state index contributed by atoms with van der Waals surface area (Å²) in [7, 11) is -3.11. The highest BCUT2D eigenvalue weighted by molar-refractivity contribution is 7.14. The van der Waals surface area contributed by atoms with Gasteiger partial charge in [0.2, 0.25) is 0 Å². The molecule has 1 heteroatoms. The van der Waals surface area contributed by atoms with Crippen LogP contribution in [0.5, 0.6) is 0 Å². The van der Waals surface area contributed by atoms with Gasteiger partial charge in [-0.15, -0.1) is 0 Å². The van der Waals surface area contributed by atoms with Gasteiger partial charge in [0, 0.05) is 5.54 Å². The molecule has 6 aromatic rings. The van der Waals surface area contributed by atoms with Crippen LogP contribution in [0.3, 0.4) is 0 Å². The van der Waals surface area contributed by atoms with E-state index in [1.807, 2.05) is 0 Å². The molecule has 0 fully saturated rings. The lowest BCUT2D eigenvalue weighted by Gasteiger charge is -2.47. The van der Waals surface area contributed by atoms with Crippen molar-refractivity contribution in [3.8, 4) is 0 Å². The molecule has 6 aromatic carbocycles. The van der Waals surface area contributed by atoms with Crippen molar-refractivity contribution in [3.63, 3.8) is 0 Å². The minimum Gasteiger partial charge on any atom is -0.0647 e. The van der Waals surface area contributed by atoms with Gasteiger partial charge >= 0.3 is 0 Å². The monoisotopic (exact) mass is 734 g/mol. The molecule has 7 rings (SSSR count). The summed E-state index contributed by atoms with van der Waals surface area (Å²) in [5.41, 5.74) is 23.1. The minimum absolute atomic E-state index is 0.260. The largest absolute Gasteiger partial charge is 0.161 e. The fraction of sp³-hybridized carbons (Fsp3) is 0.259. The molecule has 0 heterocycles. The van der Waals surface area contributed by atoms with Crippen molar-refractivity contribution >= 4 is 23.6 Å². The molecule has 0 saturated heterocycles. The number of benzene rings is 6. The number of aryl methyl sites for hydroxylation is 6. The second-order valence-electron chi connectivity index (χ2n) is 16.7. The molecular formula is C54H58Si. The summed E-state index contributed by atoms with van der Waals surface area (Å²) in [6.07, 6.45) is 2.71. The van der Waals surface area contributed by atoms with Crippen molar-refractivity contribution in [1.29, 1.82) is 0 Å². The lowest BCUT2D eigenvalue weighted by Crippen LogP contribution is -2.74. The molecule has 0 N–H and O–H groups in total. The van der Waals surface area contributed by atoms with Crippen molar-refractivity contribution in [2.45, 2.75) is 94.0 Å². The van der Waals surface area contributed by atoms with Crippen molar-refractivity contribution in [1.82, 2.24) is 0 Å². The third-order valence-corrected chi connectivity index (χ3v) is 18.9. The summed E-state index contributed by atoms with van der Waals surface area (Å²) >= 11 is 0. The van der Waals surface area contributed by atoms with Gasteiger partial charge in [-0.25, -0.2) is 0 Å². The van der Waals surface area contributed by atoms with Gasteiger partial charge in [-0.3, -0.25) is 0 Å². The van der Waals surface area contributed by atoms with Crippen LogP contribution in [0.2, 0.25) is 5.54 Å². The lowest BCUT2D eigenvalue weighted by molar-refractivity contribution is 1.07. The highest BCUT2D eigenvalue weighted by atomic mass is 28.3. The normalized spacial score (nSPS) is 13.6. The molecule has 0 saturated carbocycles. The Bertz CT molecular complexity index is 2170. The topological polar surface area (TPSA) is 0 Å². The number of allylic oxidation sites excluding steroid dienone is 4. The van der Waals surface area contributed by atoms with E-state index in [0.717, 1.165) is 19.3 Å². The molecule has 1 aliphatic carbocycles. The number of rotatable bonds is 10. The van der Waals surface area contributed by atoms with Gasteiger partial charge in [0.1, 0.15) is 0 Å². The average Bonchev–Trinajstić information content (AvgIpc) is 3.33. The van der Waals surface area contributed by atoms with Crippen molar-refractivity contribution in [2.75, 3.05) is 0 Å². The van der Waals surface area contributed by atoms with E-state index in [-0.39, 0.29) is 5.54 Å². The fourth-order valence-electron chi connectivity index (χ4n) is 10.5. The van der Waals surface area contributed by atoms with Crippen LogP contribution in [-0.4, -0.2) is 8.07 Å². The molecule has 0 spiro atoms. The smallest absolute Gasteiger partial charge is 0.0647 e. The molecule has 0 unspecified atom stereocenters. The molecule has 0 aromatic heterocycles. The van der Waals surface area contributed by atoms with Gasteiger partial charge < -0.3 is 0 Å². The third-order valence-electron chi connectivity index (χ3n) is 12.6. The summed E-state index contributed by atoms with van der Waals surface area (Å²) in [5.74, 6) is 0. The zero-order valence-corrected chi connectivity index (χ0v) is 35.8. The second-order valence-corrected chi connectivity index (χ2v) is 20.4. The first kappa shape index (κ1) is 38.3. The van der Waals surface area contributed by atoms with Gasteiger partial charge in [0.15, 0.2) is 8.07 Å². The maximum atomic E-state index is 2.55. The van der Waals surface area contributed by atoms with Crippen LogP contribution in [0, 0.1) is 41.5 Å². The van der Waals surface area contributed by atoms with E-state index in [4.69, 9.17) is 0 Å². The third kappa shape index (κ3) is 7.16. The maximum Gasteiger partial charge on any atom is 0.161 e. The lowest BCUT2D eigenvalue weighted by atomic mass is 9.99. The highest BCUT2D eigenvalue weighted by Gasteiger charge is 2.54. The van der Waals surface area contributed by atoms with E-state index in [1.54, 1.807) is 26.7 Å². The summed E-state index contributed by atoms with van der Waals surface area (Å²) in [6, 6.07) is 48.7. The molecule has 0 bridgehead atoms. The Balaban J connectivity index is 1.75. The Labute approximate surface area is 332 Å². The fourth-order valence-corrected chi connectivity index (χ4v) is 18.0. The van der Waals surface area contributed by atoms with Crippen LogP contribution in [0.1, 0.15) is 94.5 Å². The van der Waals surface area contributed by atoms with E-state index >= 15 is 0 Å². The van der Waals surface area contributed by atoms with Crippen molar-refractivity contribution in [2.24, 2.45) is 0 Å². The Morgan fingerprint density at radius 2 is 0.636 bits per heavy atom. The second kappa shape index (κ2) is 15.6. The molecule has 0 aliphatic heterocycles. The Hall–Kier alpha value is -4.98.